The van der Waals surface area contributed by atoms with Crippen LogP contribution in [-0.2, 0) is 10.2 Å². The first-order valence-electron chi connectivity index (χ1n) is 11.5. The number of carbonyl (C=O) groups excluding carboxylic acids is 1. The van der Waals surface area contributed by atoms with Crippen LogP contribution in [0.1, 0.15) is 43.4 Å². The van der Waals surface area contributed by atoms with Gasteiger partial charge in [0, 0.05) is 30.0 Å². The Balaban J connectivity index is 1.53. The van der Waals surface area contributed by atoms with E-state index in [4.69, 9.17) is 0 Å². The number of carbonyl (C=O) groups is 1. The maximum absolute atomic E-state index is 14.1. The summed E-state index contributed by atoms with van der Waals surface area (Å²) in [5.74, 6) is -1.25. The lowest BCUT2D eigenvalue weighted by molar-refractivity contribution is -0.139. The molecule has 1 fully saturated rings. The van der Waals surface area contributed by atoms with Gasteiger partial charge in [-0.2, -0.15) is 0 Å². The van der Waals surface area contributed by atoms with Gasteiger partial charge in [0.05, 0.1) is 18.8 Å². The molecule has 0 saturated carbocycles. The molecule has 0 radical (unpaired) electrons. The number of halogens is 2. The summed E-state index contributed by atoms with van der Waals surface area (Å²) >= 11 is 0. The first-order valence-corrected chi connectivity index (χ1v) is 11.5. The smallest absolute Gasteiger partial charge is 0.223 e. The summed E-state index contributed by atoms with van der Waals surface area (Å²) in [5, 5.41) is 19.6. The standard InChI is InChI=1S/C28H29F2NO3/c1-19(20-7-9-21(10-8-20)25-12-11-23(29)15-26(25)30)31-14-13-28(17-27(31)34,16-24(33)18-32)22-5-3-2-4-6-22/h2-12,15,19,24,32-33H,13-14,16-18H2,1H3/t19-,24-,28+/m0/s1. The van der Waals surface area contributed by atoms with Crippen molar-refractivity contribution in [2.45, 2.75) is 43.7 Å². The quantitative estimate of drug-likeness (QED) is 0.517. The van der Waals surface area contributed by atoms with Crippen LogP contribution in [0.25, 0.3) is 11.1 Å². The van der Waals surface area contributed by atoms with Crippen LogP contribution >= 0.6 is 0 Å². The molecule has 0 aliphatic carbocycles. The molecule has 0 bridgehead atoms. The molecule has 0 unspecified atom stereocenters. The second-order valence-electron chi connectivity index (χ2n) is 9.12. The molecule has 6 heteroatoms. The van der Waals surface area contributed by atoms with Crippen molar-refractivity contribution in [3.05, 3.63) is 95.6 Å². The van der Waals surface area contributed by atoms with Gasteiger partial charge in [-0.3, -0.25) is 4.79 Å². The lowest BCUT2D eigenvalue weighted by atomic mass is 9.68. The minimum atomic E-state index is -0.892. The highest BCUT2D eigenvalue weighted by Crippen LogP contribution is 2.42. The van der Waals surface area contributed by atoms with E-state index in [2.05, 4.69) is 0 Å². The molecule has 4 nitrogen and oxygen atoms in total. The highest BCUT2D eigenvalue weighted by Gasteiger charge is 2.42. The topological polar surface area (TPSA) is 60.8 Å². The van der Waals surface area contributed by atoms with Gasteiger partial charge in [-0.25, -0.2) is 8.78 Å². The molecule has 3 aromatic carbocycles. The number of hydrogen-bond acceptors (Lipinski definition) is 3. The van der Waals surface area contributed by atoms with Crippen molar-refractivity contribution in [3.63, 3.8) is 0 Å². The number of likely N-dealkylation sites (tertiary alicyclic amines) is 1. The van der Waals surface area contributed by atoms with E-state index in [-0.39, 0.29) is 25.0 Å². The van der Waals surface area contributed by atoms with Gasteiger partial charge in [0.15, 0.2) is 0 Å². The second kappa shape index (κ2) is 10.0. The predicted octanol–water partition coefficient (Wildman–Crippen LogP) is 5.00. The number of amides is 1. The Hall–Kier alpha value is -3.09. The van der Waals surface area contributed by atoms with Gasteiger partial charge in [-0.05, 0) is 48.6 Å². The van der Waals surface area contributed by atoms with Crippen molar-refractivity contribution in [1.82, 2.24) is 4.90 Å². The minimum Gasteiger partial charge on any atom is -0.394 e. The Labute approximate surface area is 198 Å². The molecule has 2 N–H and O–H groups in total. The summed E-state index contributed by atoms with van der Waals surface area (Å²) in [7, 11) is 0. The zero-order valence-corrected chi connectivity index (χ0v) is 19.1. The average Bonchev–Trinajstić information content (AvgIpc) is 2.84. The number of rotatable bonds is 7. The van der Waals surface area contributed by atoms with Crippen molar-refractivity contribution in [3.8, 4) is 11.1 Å². The largest absolute Gasteiger partial charge is 0.394 e. The van der Waals surface area contributed by atoms with E-state index in [9.17, 15) is 23.8 Å². The number of hydrogen-bond donors (Lipinski definition) is 2. The molecule has 0 spiro atoms. The lowest BCUT2D eigenvalue weighted by Crippen LogP contribution is -2.48. The van der Waals surface area contributed by atoms with Crippen LogP contribution in [0.5, 0.6) is 0 Å². The van der Waals surface area contributed by atoms with Gasteiger partial charge in [0.2, 0.25) is 5.91 Å². The fraction of sp³-hybridized carbons (Fsp3) is 0.321. The van der Waals surface area contributed by atoms with Crippen molar-refractivity contribution >= 4 is 5.91 Å². The van der Waals surface area contributed by atoms with Crippen molar-refractivity contribution in [2.75, 3.05) is 13.2 Å². The molecule has 178 valence electrons. The molecular formula is C28H29F2NO3. The van der Waals surface area contributed by atoms with Crippen LogP contribution in [0.3, 0.4) is 0 Å². The highest BCUT2D eigenvalue weighted by molar-refractivity contribution is 5.79. The second-order valence-corrected chi connectivity index (χ2v) is 9.12. The fourth-order valence-corrected chi connectivity index (χ4v) is 5.04. The van der Waals surface area contributed by atoms with E-state index < -0.39 is 23.2 Å². The Morgan fingerprint density at radius 3 is 2.35 bits per heavy atom. The van der Waals surface area contributed by atoms with Crippen LogP contribution in [0.2, 0.25) is 0 Å². The van der Waals surface area contributed by atoms with Crippen LogP contribution in [0.4, 0.5) is 8.78 Å². The number of aliphatic hydroxyl groups excluding tert-OH is 2. The van der Waals surface area contributed by atoms with Crippen LogP contribution < -0.4 is 0 Å². The van der Waals surface area contributed by atoms with Gasteiger partial charge < -0.3 is 15.1 Å². The molecule has 4 rings (SSSR count). The fourth-order valence-electron chi connectivity index (χ4n) is 5.04. The van der Waals surface area contributed by atoms with Gasteiger partial charge in [-0.1, -0.05) is 54.6 Å². The Bertz CT molecular complexity index is 1140. The zero-order valence-electron chi connectivity index (χ0n) is 19.1. The SMILES string of the molecule is C[C@@H](c1ccc(-c2ccc(F)cc2F)cc1)N1CC[C@](C[C@H](O)CO)(c2ccccc2)CC1=O. The third kappa shape index (κ3) is 4.88. The normalized spacial score (nSPS) is 20.3. The van der Waals surface area contributed by atoms with Crippen LogP contribution in [-0.4, -0.2) is 40.3 Å². The molecule has 3 atom stereocenters. The van der Waals surface area contributed by atoms with Crippen molar-refractivity contribution in [2.24, 2.45) is 0 Å². The third-order valence-electron chi connectivity index (χ3n) is 6.97. The van der Waals surface area contributed by atoms with Gasteiger partial charge in [-0.15, -0.1) is 0 Å². The van der Waals surface area contributed by atoms with Crippen LogP contribution in [0, 0.1) is 11.6 Å². The summed E-state index contributed by atoms with van der Waals surface area (Å²) in [6.45, 7) is 2.13. The zero-order chi connectivity index (χ0) is 24.3. The molecule has 1 saturated heterocycles. The first-order chi connectivity index (χ1) is 16.3. The number of piperidine rings is 1. The van der Waals surface area contributed by atoms with Crippen molar-refractivity contribution < 1.29 is 23.8 Å². The number of nitrogens with zero attached hydrogens (tertiary/aromatic N) is 1. The first kappa shape index (κ1) is 24.0. The molecule has 3 aromatic rings. The van der Waals surface area contributed by atoms with E-state index in [1.165, 1.54) is 12.1 Å². The monoisotopic (exact) mass is 465 g/mol. The molecule has 1 heterocycles. The molecule has 1 amide bonds. The highest BCUT2D eigenvalue weighted by atomic mass is 19.1. The summed E-state index contributed by atoms with van der Waals surface area (Å²) in [5.41, 5.74) is 2.35. The summed E-state index contributed by atoms with van der Waals surface area (Å²) in [6.07, 6.45) is 0.344. The van der Waals surface area contributed by atoms with Crippen LogP contribution in [0.15, 0.2) is 72.8 Å². The van der Waals surface area contributed by atoms with Gasteiger partial charge >= 0.3 is 0 Å². The molecule has 34 heavy (non-hydrogen) atoms. The van der Waals surface area contributed by atoms with E-state index in [0.29, 0.717) is 30.5 Å². The maximum atomic E-state index is 14.1. The molecule has 0 aromatic heterocycles. The Morgan fingerprint density at radius 1 is 1.03 bits per heavy atom. The minimum absolute atomic E-state index is 0.0126. The van der Waals surface area contributed by atoms with E-state index >= 15 is 0 Å². The molecule has 1 aliphatic heterocycles. The summed E-state index contributed by atoms with van der Waals surface area (Å²) in [6, 6.07) is 20.3. The van der Waals surface area contributed by atoms with E-state index in [1.54, 1.807) is 12.1 Å². The molecular weight excluding hydrogens is 436 g/mol. The number of aliphatic hydroxyl groups is 2. The van der Waals surface area contributed by atoms with E-state index in [1.807, 2.05) is 54.3 Å². The van der Waals surface area contributed by atoms with Gasteiger partial charge in [0.25, 0.3) is 0 Å². The number of benzene rings is 3. The Morgan fingerprint density at radius 2 is 1.74 bits per heavy atom. The predicted molar refractivity (Wildman–Crippen MR) is 127 cm³/mol. The lowest BCUT2D eigenvalue weighted by Gasteiger charge is -2.44. The van der Waals surface area contributed by atoms with Gasteiger partial charge in [0.1, 0.15) is 11.6 Å². The van der Waals surface area contributed by atoms with Crippen molar-refractivity contribution in [1.29, 1.82) is 0 Å². The summed E-state index contributed by atoms with van der Waals surface area (Å²) in [4.78, 5) is 15.2. The average molecular weight is 466 g/mol. The van der Waals surface area contributed by atoms with E-state index in [0.717, 1.165) is 17.2 Å². The maximum Gasteiger partial charge on any atom is 0.223 e. The third-order valence-corrected chi connectivity index (χ3v) is 6.97. The Kier molecular flexibility index (Phi) is 7.10. The summed E-state index contributed by atoms with van der Waals surface area (Å²) < 4.78 is 27.4. The molecule has 1 aliphatic rings.